The van der Waals surface area contributed by atoms with Crippen LogP contribution < -0.4 is 5.32 Å². The lowest BCUT2D eigenvalue weighted by Crippen LogP contribution is -2.37. The van der Waals surface area contributed by atoms with E-state index in [-0.39, 0.29) is 12.5 Å². The predicted molar refractivity (Wildman–Crippen MR) is 75.9 cm³/mol. The Kier molecular flexibility index (Phi) is 8.07. The molecule has 0 heterocycles. The van der Waals surface area contributed by atoms with Gasteiger partial charge in [0.2, 0.25) is 5.91 Å². The summed E-state index contributed by atoms with van der Waals surface area (Å²) in [5.41, 5.74) is 0. The topological polar surface area (TPSA) is 58.6 Å². The summed E-state index contributed by atoms with van der Waals surface area (Å²) in [6.45, 7) is 5.82. The van der Waals surface area contributed by atoms with Crippen LogP contribution in [0, 0.1) is 11.8 Å². The second kappa shape index (κ2) is 9.32. The van der Waals surface area contributed by atoms with Crippen molar-refractivity contribution in [3.05, 3.63) is 0 Å². The van der Waals surface area contributed by atoms with Crippen LogP contribution in [-0.4, -0.2) is 36.9 Å². The van der Waals surface area contributed by atoms with Crippen molar-refractivity contribution in [1.82, 2.24) is 5.32 Å². The zero-order valence-corrected chi connectivity index (χ0v) is 12.4. The van der Waals surface area contributed by atoms with Gasteiger partial charge in [0.25, 0.3) is 0 Å². The van der Waals surface area contributed by atoms with Gasteiger partial charge in [-0.05, 0) is 44.4 Å². The highest BCUT2D eigenvalue weighted by Crippen LogP contribution is 2.32. The van der Waals surface area contributed by atoms with Crippen LogP contribution in [0.1, 0.15) is 52.4 Å². The Hall–Kier alpha value is -0.610. The van der Waals surface area contributed by atoms with Gasteiger partial charge in [-0.15, -0.1) is 0 Å². The number of rotatable bonds is 10. The third kappa shape index (κ3) is 6.39. The first kappa shape index (κ1) is 16.4. The highest BCUT2D eigenvalue weighted by Gasteiger charge is 2.30. The van der Waals surface area contributed by atoms with Crippen molar-refractivity contribution in [2.75, 3.05) is 19.8 Å². The largest absolute Gasteiger partial charge is 0.396 e. The molecule has 0 aromatic rings. The molecule has 112 valence electrons. The van der Waals surface area contributed by atoms with Crippen LogP contribution in [0.15, 0.2) is 0 Å². The molecule has 0 aliphatic heterocycles. The van der Waals surface area contributed by atoms with Gasteiger partial charge in [-0.2, -0.15) is 0 Å². The molecule has 0 saturated heterocycles. The van der Waals surface area contributed by atoms with E-state index in [1.54, 1.807) is 0 Å². The van der Waals surface area contributed by atoms with Crippen LogP contribution in [0.25, 0.3) is 0 Å². The molecule has 0 bridgehead atoms. The van der Waals surface area contributed by atoms with Crippen molar-refractivity contribution in [2.24, 2.45) is 11.8 Å². The lowest BCUT2D eigenvalue weighted by molar-refractivity contribution is -0.124. The maximum atomic E-state index is 11.8. The molecular weight excluding hydrogens is 242 g/mol. The molecule has 0 spiro atoms. The van der Waals surface area contributed by atoms with Crippen molar-refractivity contribution in [3.63, 3.8) is 0 Å². The SMILES string of the molecule is CCCC(CCO)CNC(=O)CC1CC(OCC)C1. The monoisotopic (exact) mass is 271 g/mol. The molecule has 1 unspecified atom stereocenters. The van der Waals surface area contributed by atoms with Gasteiger partial charge in [0.15, 0.2) is 0 Å². The van der Waals surface area contributed by atoms with Crippen LogP contribution >= 0.6 is 0 Å². The minimum atomic E-state index is 0.152. The number of ether oxygens (including phenoxy) is 1. The van der Waals surface area contributed by atoms with Crippen LogP contribution in [0.3, 0.4) is 0 Å². The molecule has 19 heavy (non-hydrogen) atoms. The molecule has 2 N–H and O–H groups in total. The lowest BCUT2D eigenvalue weighted by Gasteiger charge is -2.34. The Labute approximate surface area is 116 Å². The minimum Gasteiger partial charge on any atom is -0.396 e. The van der Waals surface area contributed by atoms with Crippen molar-refractivity contribution >= 4 is 5.91 Å². The number of hydrogen-bond donors (Lipinski definition) is 2. The number of hydrogen-bond acceptors (Lipinski definition) is 3. The third-order valence-corrected chi connectivity index (χ3v) is 3.89. The van der Waals surface area contributed by atoms with E-state index in [0.717, 1.165) is 38.7 Å². The van der Waals surface area contributed by atoms with E-state index < -0.39 is 0 Å². The third-order valence-electron chi connectivity index (χ3n) is 3.89. The van der Waals surface area contributed by atoms with E-state index >= 15 is 0 Å². The summed E-state index contributed by atoms with van der Waals surface area (Å²) in [5, 5.41) is 12.0. The average Bonchev–Trinajstić information content (AvgIpc) is 2.34. The van der Waals surface area contributed by atoms with E-state index in [1.807, 2.05) is 6.92 Å². The molecule has 1 atom stereocenters. The van der Waals surface area contributed by atoms with Gasteiger partial charge >= 0.3 is 0 Å². The first-order valence-electron chi connectivity index (χ1n) is 7.68. The number of aliphatic hydroxyl groups excluding tert-OH is 1. The molecule has 0 aromatic carbocycles. The summed E-state index contributed by atoms with van der Waals surface area (Å²) in [6.07, 6.45) is 6.00. The van der Waals surface area contributed by atoms with Gasteiger partial charge in [0, 0.05) is 26.2 Å². The summed E-state index contributed by atoms with van der Waals surface area (Å²) in [6, 6.07) is 0. The van der Waals surface area contributed by atoms with Crippen molar-refractivity contribution in [1.29, 1.82) is 0 Å². The fourth-order valence-electron chi connectivity index (χ4n) is 2.74. The van der Waals surface area contributed by atoms with E-state index in [1.165, 1.54) is 0 Å². The van der Waals surface area contributed by atoms with Gasteiger partial charge in [0.05, 0.1) is 6.10 Å². The maximum absolute atomic E-state index is 11.8. The molecule has 4 heteroatoms. The summed E-state index contributed by atoms with van der Waals surface area (Å²) in [5.74, 6) is 1.06. The van der Waals surface area contributed by atoms with Crippen LogP contribution in [0.5, 0.6) is 0 Å². The fourth-order valence-corrected chi connectivity index (χ4v) is 2.74. The summed E-state index contributed by atoms with van der Waals surface area (Å²) < 4.78 is 5.49. The molecule has 4 nitrogen and oxygen atoms in total. The summed E-state index contributed by atoms with van der Waals surface area (Å²) >= 11 is 0. The van der Waals surface area contributed by atoms with E-state index in [4.69, 9.17) is 9.84 Å². The zero-order chi connectivity index (χ0) is 14.1. The highest BCUT2D eigenvalue weighted by molar-refractivity contribution is 5.76. The van der Waals surface area contributed by atoms with Crippen LogP contribution in [0.4, 0.5) is 0 Å². The zero-order valence-electron chi connectivity index (χ0n) is 12.4. The molecule has 1 fully saturated rings. The van der Waals surface area contributed by atoms with Crippen molar-refractivity contribution in [3.8, 4) is 0 Å². The molecule has 1 saturated carbocycles. The van der Waals surface area contributed by atoms with Crippen LogP contribution in [-0.2, 0) is 9.53 Å². The highest BCUT2D eigenvalue weighted by atomic mass is 16.5. The molecule has 1 amide bonds. The smallest absolute Gasteiger partial charge is 0.220 e. The molecule has 0 radical (unpaired) electrons. The number of carbonyl (C=O) groups is 1. The van der Waals surface area contributed by atoms with Gasteiger partial charge in [-0.25, -0.2) is 0 Å². The molecule has 1 aliphatic carbocycles. The normalized spacial score (nSPS) is 23.7. The predicted octanol–water partition coefficient (Wildman–Crippen LogP) is 2.11. The Morgan fingerprint density at radius 2 is 2.11 bits per heavy atom. The second-order valence-electron chi connectivity index (χ2n) is 5.59. The lowest BCUT2D eigenvalue weighted by atomic mass is 9.80. The Balaban J connectivity index is 2.10. The standard InChI is InChI=1S/C15H29NO3/c1-3-5-12(6-7-17)11-16-15(18)10-13-8-14(9-13)19-4-2/h12-14,17H,3-11H2,1-2H3,(H,16,18). The first-order chi connectivity index (χ1) is 9.19. The fraction of sp³-hybridized carbons (Fsp3) is 0.933. The van der Waals surface area contributed by atoms with Crippen molar-refractivity contribution < 1.29 is 14.6 Å². The average molecular weight is 271 g/mol. The second-order valence-corrected chi connectivity index (χ2v) is 5.59. The Morgan fingerprint density at radius 3 is 2.68 bits per heavy atom. The minimum absolute atomic E-state index is 0.152. The van der Waals surface area contributed by atoms with E-state index in [2.05, 4.69) is 12.2 Å². The van der Waals surface area contributed by atoms with Gasteiger partial charge < -0.3 is 15.2 Å². The van der Waals surface area contributed by atoms with E-state index in [9.17, 15) is 4.79 Å². The van der Waals surface area contributed by atoms with Gasteiger partial charge in [-0.3, -0.25) is 4.79 Å². The number of nitrogens with one attached hydrogen (secondary N) is 1. The van der Waals surface area contributed by atoms with Crippen molar-refractivity contribution in [2.45, 2.75) is 58.5 Å². The summed E-state index contributed by atoms with van der Waals surface area (Å²) in [4.78, 5) is 11.8. The maximum Gasteiger partial charge on any atom is 0.220 e. The van der Waals surface area contributed by atoms with Gasteiger partial charge in [0.1, 0.15) is 0 Å². The number of carbonyl (C=O) groups excluding carboxylic acids is 1. The van der Waals surface area contributed by atoms with Crippen LogP contribution in [0.2, 0.25) is 0 Å². The molecular formula is C15H29NO3. The molecule has 1 aliphatic rings. The van der Waals surface area contributed by atoms with Gasteiger partial charge in [-0.1, -0.05) is 13.3 Å². The van der Waals surface area contributed by atoms with E-state index in [0.29, 0.717) is 30.9 Å². The molecule has 1 rings (SSSR count). The summed E-state index contributed by atoms with van der Waals surface area (Å²) in [7, 11) is 0. The Morgan fingerprint density at radius 1 is 1.37 bits per heavy atom. The quantitative estimate of drug-likeness (QED) is 0.640. The Bertz CT molecular complexity index is 246. The molecule has 0 aromatic heterocycles. The number of amides is 1. The number of aliphatic hydroxyl groups is 1. The first-order valence-corrected chi connectivity index (χ1v) is 7.68.